The van der Waals surface area contributed by atoms with Gasteiger partial charge >= 0.3 is 0 Å². The van der Waals surface area contributed by atoms with Crippen molar-refractivity contribution in [2.45, 2.75) is 65.5 Å². The molecule has 28 heavy (non-hydrogen) atoms. The highest BCUT2D eigenvalue weighted by Crippen LogP contribution is 2.20. The minimum atomic E-state index is -0.516. The Kier molecular flexibility index (Phi) is 8.55. The highest BCUT2D eigenvalue weighted by molar-refractivity contribution is 5.88. The summed E-state index contributed by atoms with van der Waals surface area (Å²) in [5, 5.41) is 3.01. The van der Waals surface area contributed by atoms with Gasteiger partial charge in [0.05, 0.1) is 7.11 Å². The van der Waals surface area contributed by atoms with Crippen LogP contribution in [-0.2, 0) is 16.1 Å². The Morgan fingerprint density at radius 1 is 1.14 bits per heavy atom. The Morgan fingerprint density at radius 2 is 1.86 bits per heavy atom. The molecule has 0 saturated carbocycles. The number of nitrogens with zero attached hydrogens (tertiary/aromatic N) is 1. The quantitative estimate of drug-likeness (QED) is 0.651. The van der Waals surface area contributed by atoms with Crippen LogP contribution in [0.15, 0.2) is 35.9 Å². The van der Waals surface area contributed by atoms with Gasteiger partial charge in [0.2, 0.25) is 11.8 Å². The summed E-state index contributed by atoms with van der Waals surface area (Å²) in [4.78, 5) is 27.1. The van der Waals surface area contributed by atoms with Gasteiger partial charge in [0.25, 0.3) is 0 Å². The topological polar surface area (TPSA) is 58.6 Å². The first-order valence-corrected chi connectivity index (χ1v) is 10.3. The van der Waals surface area contributed by atoms with E-state index >= 15 is 0 Å². The second-order valence-electron chi connectivity index (χ2n) is 7.79. The predicted octanol–water partition coefficient (Wildman–Crippen LogP) is 4.08. The minimum Gasteiger partial charge on any atom is -0.497 e. The van der Waals surface area contributed by atoms with Crippen LogP contribution in [0.2, 0.25) is 0 Å². The number of methoxy groups -OCH3 is 1. The second kappa shape index (κ2) is 10.9. The summed E-state index contributed by atoms with van der Waals surface area (Å²) in [7, 11) is 1.62. The van der Waals surface area contributed by atoms with E-state index in [2.05, 4.69) is 11.4 Å². The maximum Gasteiger partial charge on any atom is 0.242 e. The minimum absolute atomic E-state index is 0.0199. The van der Waals surface area contributed by atoms with Gasteiger partial charge in [0.1, 0.15) is 11.8 Å². The molecule has 154 valence electrons. The van der Waals surface area contributed by atoms with Crippen molar-refractivity contribution in [3.8, 4) is 5.75 Å². The SMILES string of the molecule is COc1ccc(CN(C(=O)C(C)C)C(C)C(=O)NCCC2=CCCCC2)cc1. The van der Waals surface area contributed by atoms with E-state index in [0.29, 0.717) is 13.1 Å². The van der Waals surface area contributed by atoms with Crippen molar-refractivity contribution >= 4 is 11.8 Å². The summed E-state index contributed by atoms with van der Waals surface area (Å²) < 4.78 is 5.19. The monoisotopic (exact) mass is 386 g/mol. The van der Waals surface area contributed by atoms with Gasteiger partial charge in [-0.3, -0.25) is 9.59 Å². The zero-order valence-corrected chi connectivity index (χ0v) is 17.7. The third-order valence-electron chi connectivity index (χ3n) is 5.27. The summed E-state index contributed by atoms with van der Waals surface area (Å²) in [5.41, 5.74) is 2.41. The number of allylic oxidation sites excluding steroid dienone is 1. The van der Waals surface area contributed by atoms with Gasteiger partial charge in [0.15, 0.2) is 0 Å². The lowest BCUT2D eigenvalue weighted by molar-refractivity contribution is -0.143. The smallest absolute Gasteiger partial charge is 0.242 e. The Bertz CT molecular complexity index is 680. The van der Waals surface area contributed by atoms with Crippen LogP contribution in [0.1, 0.15) is 58.4 Å². The lowest BCUT2D eigenvalue weighted by Crippen LogP contribution is -2.49. The first kappa shape index (κ1) is 22.0. The molecule has 1 aliphatic carbocycles. The summed E-state index contributed by atoms with van der Waals surface area (Å²) in [6.07, 6.45) is 8.00. The van der Waals surface area contributed by atoms with Crippen LogP contribution < -0.4 is 10.1 Å². The molecule has 1 N–H and O–H groups in total. The molecule has 1 atom stereocenters. The van der Waals surface area contributed by atoms with Crippen molar-refractivity contribution < 1.29 is 14.3 Å². The number of rotatable bonds is 9. The average Bonchev–Trinajstić information content (AvgIpc) is 2.72. The fourth-order valence-electron chi connectivity index (χ4n) is 3.43. The van der Waals surface area contributed by atoms with E-state index in [1.807, 2.05) is 38.1 Å². The largest absolute Gasteiger partial charge is 0.497 e. The van der Waals surface area contributed by atoms with E-state index in [9.17, 15) is 9.59 Å². The van der Waals surface area contributed by atoms with Crippen molar-refractivity contribution in [3.05, 3.63) is 41.5 Å². The van der Waals surface area contributed by atoms with E-state index < -0.39 is 6.04 Å². The molecule has 2 amide bonds. The van der Waals surface area contributed by atoms with Crippen LogP contribution in [0.4, 0.5) is 0 Å². The molecule has 1 aromatic carbocycles. The van der Waals surface area contributed by atoms with E-state index in [4.69, 9.17) is 4.74 Å². The van der Waals surface area contributed by atoms with Gasteiger partial charge in [0, 0.05) is 19.0 Å². The molecule has 1 aliphatic rings. The normalized spacial score (nSPS) is 15.0. The first-order chi connectivity index (χ1) is 13.4. The lowest BCUT2D eigenvalue weighted by Gasteiger charge is -2.30. The summed E-state index contributed by atoms with van der Waals surface area (Å²) in [5.74, 6) is 0.488. The molecule has 0 aliphatic heterocycles. The van der Waals surface area contributed by atoms with E-state index in [-0.39, 0.29) is 17.7 Å². The van der Waals surface area contributed by atoms with E-state index in [0.717, 1.165) is 30.6 Å². The second-order valence-corrected chi connectivity index (χ2v) is 7.79. The fourth-order valence-corrected chi connectivity index (χ4v) is 3.43. The number of nitrogens with one attached hydrogen (secondary N) is 1. The van der Waals surface area contributed by atoms with Gasteiger partial charge in [-0.15, -0.1) is 0 Å². The van der Waals surface area contributed by atoms with Gasteiger partial charge < -0.3 is 15.0 Å². The molecule has 0 bridgehead atoms. The van der Waals surface area contributed by atoms with Crippen LogP contribution in [0.5, 0.6) is 5.75 Å². The van der Waals surface area contributed by atoms with Crippen molar-refractivity contribution in [1.29, 1.82) is 0 Å². The fraction of sp³-hybridized carbons (Fsp3) is 0.565. The van der Waals surface area contributed by atoms with Crippen molar-refractivity contribution in [1.82, 2.24) is 10.2 Å². The van der Waals surface area contributed by atoms with Crippen LogP contribution in [0, 0.1) is 5.92 Å². The maximum atomic E-state index is 12.7. The Balaban J connectivity index is 1.98. The van der Waals surface area contributed by atoms with Crippen molar-refractivity contribution in [2.75, 3.05) is 13.7 Å². The van der Waals surface area contributed by atoms with E-state index in [1.165, 1.54) is 18.4 Å². The molecule has 0 aromatic heterocycles. The van der Waals surface area contributed by atoms with Gasteiger partial charge in [-0.25, -0.2) is 0 Å². The Morgan fingerprint density at radius 3 is 2.43 bits per heavy atom. The number of amides is 2. The van der Waals surface area contributed by atoms with E-state index in [1.54, 1.807) is 18.9 Å². The van der Waals surface area contributed by atoms with Crippen LogP contribution >= 0.6 is 0 Å². The third kappa shape index (κ3) is 6.39. The number of hydrogen-bond acceptors (Lipinski definition) is 3. The highest BCUT2D eigenvalue weighted by Gasteiger charge is 2.27. The molecule has 0 fully saturated rings. The molecular weight excluding hydrogens is 352 g/mol. The molecule has 0 radical (unpaired) electrons. The molecule has 1 aromatic rings. The standard InChI is InChI=1S/C23H34N2O3/c1-17(2)23(27)25(16-20-10-12-21(28-4)13-11-20)18(3)22(26)24-15-14-19-8-6-5-7-9-19/h8,10-13,17-18H,5-7,9,14-16H2,1-4H3,(H,24,26). The summed E-state index contributed by atoms with van der Waals surface area (Å²) >= 11 is 0. The number of hydrogen-bond donors (Lipinski definition) is 1. The number of carbonyl (C=O) groups is 2. The lowest BCUT2D eigenvalue weighted by atomic mass is 9.97. The molecule has 0 spiro atoms. The van der Waals surface area contributed by atoms with Crippen LogP contribution in [-0.4, -0.2) is 36.4 Å². The predicted molar refractivity (Wildman–Crippen MR) is 112 cm³/mol. The molecule has 1 unspecified atom stereocenters. The summed E-state index contributed by atoms with van der Waals surface area (Å²) in [6.45, 7) is 6.56. The molecule has 5 heteroatoms. The maximum absolute atomic E-state index is 12.7. The first-order valence-electron chi connectivity index (χ1n) is 10.3. The zero-order chi connectivity index (χ0) is 20.5. The molecule has 0 saturated heterocycles. The molecule has 0 heterocycles. The number of carbonyl (C=O) groups excluding carboxylic acids is 2. The van der Waals surface area contributed by atoms with Crippen molar-refractivity contribution in [3.63, 3.8) is 0 Å². The van der Waals surface area contributed by atoms with Crippen LogP contribution in [0.3, 0.4) is 0 Å². The van der Waals surface area contributed by atoms with Gasteiger partial charge in [-0.05, 0) is 56.7 Å². The zero-order valence-electron chi connectivity index (χ0n) is 17.7. The molecular formula is C23H34N2O3. The third-order valence-corrected chi connectivity index (χ3v) is 5.27. The number of ether oxygens (including phenoxy) is 1. The Hall–Kier alpha value is -2.30. The number of benzene rings is 1. The van der Waals surface area contributed by atoms with Crippen molar-refractivity contribution in [2.24, 2.45) is 5.92 Å². The Labute approximate surface area is 169 Å². The van der Waals surface area contributed by atoms with Gasteiger partial charge in [-0.2, -0.15) is 0 Å². The van der Waals surface area contributed by atoms with Gasteiger partial charge in [-0.1, -0.05) is 37.6 Å². The molecule has 5 nitrogen and oxygen atoms in total. The van der Waals surface area contributed by atoms with Crippen LogP contribution in [0.25, 0.3) is 0 Å². The average molecular weight is 387 g/mol. The highest BCUT2D eigenvalue weighted by atomic mass is 16.5. The molecule has 2 rings (SSSR count). The summed E-state index contributed by atoms with van der Waals surface area (Å²) in [6, 6.07) is 7.09.